The van der Waals surface area contributed by atoms with E-state index < -0.39 is 0 Å². The number of nitrogens with one attached hydrogen (secondary N) is 2. The largest absolute Gasteiger partial charge is 0.462 e. The van der Waals surface area contributed by atoms with Gasteiger partial charge in [0.1, 0.15) is 12.1 Å². The van der Waals surface area contributed by atoms with Crippen molar-refractivity contribution in [2.45, 2.75) is 0 Å². The number of fused-ring (bicyclic) bond motifs is 1. The van der Waals surface area contributed by atoms with Crippen molar-refractivity contribution in [3.63, 3.8) is 0 Å². The van der Waals surface area contributed by atoms with E-state index in [2.05, 4.69) is 9.97 Å². The number of hydrogen-bond donors (Lipinski definition) is 2. The molecule has 1 aromatic heterocycles. The van der Waals surface area contributed by atoms with Gasteiger partial charge in [-0.1, -0.05) is 12.1 Å². The van der Waals surface area contributed by atoms with Gasteiger partial charge in [-0.25, -0.2) is 0 Å². The minimum atomic E-state index is 0.304. The van der Waals surface area contributed by atoms with Crippen molar-refractivity contribution in [2.24, 2.45) is 0 Å². The molecule has 84 valence electrons. The molecule has 0 aliphatic heterocycles. The second-order valence-electron chi connectivity index (χ2n) is 3.28. The summed E-state index contributed by atoms with van der Waals surface area (Å²) in [6.45, 7) is 0.910. The fourth-order valence-electron chi connectivity index (χ4n) is 1.38. The summed E-state index contributed by atoms with van der Waals surface area (Å²) < 4.78 is 10.2. The zero-order valence-electron chi connectivity index (χ0n) is 8.99. The monoisotopic (exact) mass is 219 g/mol. The van der Waals surface area contributed by atoms with Crippen LogP contribution < -0.4 is 10.2 Å². The number of nitrogens with zero attached hydrogens (tertiary/aromatic N) is 1. The quantitative estimate of drug-likeness (QED) is 0.755. The summed E-state index contributed by atoms with van der Waals surface area (Å²) in [5.41, 5.74) is 1.05. The van der Waals surface area contributed by atoms with Crippen molar-refractivity contribution in [1.82, 2.24) is 9.97 Å². The lowest BCUT2D eigenvalue weighted by Gasteiger charge is -2.05. The lowest BCUT2D eigenvalue weighted by Crippen LogP contribution is -2.13. The van der Waals surface area contributed by atoms with Gasteiger partial charge < -0.3 is 9.47 Å². The van der Waals surface area contributed by atoms with Crippen LogP contribution >= 0.6 is 0 Å². The van der Waals surface area contributed by atoms with Gasteiger partial charge in [-0.15, -0.1) is 0 Å². The Morgan fingerprint density at radius 2 is 2.12 bits per heavy atom. The average Bonchev–Trinajstić information content (AvgIpc) is 2.30. The Balaban J connectivity index is 2.31. The van der Waals surface area contributed by atoms with Crippen LogP contribution in [0.1, 0.15) is 0 Å². The van der Waals surface area contributed by atoms with Crippen molar-refractivity contribution in [3.8, 4) is 6.01 Å². The Bertz CT molecular complexity index is 536. The van der Waals surface area contributed by atoms with Crippen LogP contribution in [0.3, 0.4) is 0 Å². The van der Waals surface area contributed by atoms with Gasteiger partial charge in [0.05, 0.1) is 12.1 Å². The minimum absolute atomic E-state index is 0.304. The van der Waals surface area contributed by atoms with Crippen molar-refractivity contribution in [3.05, 3.63) is 29.8 Å². The number of aromatic amines is 1. The van der Waals surface area contributed by atoms with Gasteiger partial charge in [0.15, 0.2) is 0 Å². The Hall–Kier alpha value is -1.88. The minimum Gasteiger partial charge on any atom is -0.462 e. The van der Waals surface area contributed by atoms with Crippen LogP contribution in [-0.4, -0.2) is 30.3 Å². The molecule has 0 saturated carbocycles. The Kier molecular flexibility index (Phi) is 3.16. The van der Waals surface area contributed by atoms with Crippen molar-refractivity contribution >= 4 is 10.9 Å². The number of rotatable bonds is 4. The molecule has 5 nitrogen and oxygen atoms in total. The van der Waals surface area contributed by atoms with E-state index in [1.165, 1.54) is 0 Å². The fraction of sp³-hybridized carbons (Fsp3) is 0.273. The van der Waals surface area contributed by atoms with Gasteiger partial charge in [-0.3, -0.25) is 10.4 Å². The number of benzene rings is 1. The molecule has 0 spiro atoms. The summed E-state index contributed by atoms with van der Waals surface area (Å²) in [6, 6.07) is 7.81. The number of para-hydroxylation sites is 1. The lowest BCUT2D eigenvalue weighted by molar-refractivity contribution is 0.141. The second kappa shape index (κ2) is 4.76. The molecule has 2 rings (SSSR count). The van der Waals surface area contributed by atoms with Crippen molar-refractivity contribution in [1.29, 1.82) is 5.41 Å². The molecule has 16 heavy (non-hydrogen) atoms. The van der Waals surface area contributed by atoms with E-state index in [-0.39, 0.29) is 0 Å². The molecule has 0 fully saturated rings. The highest BCUT2D eigenvalue weighted by atomic mass is 16.5. The van der Waals surface area contributed by atoms with E-state index in [4.69, 9.17) is 14.9 Å². The predicted octanol–water partition coefficient (Wildman–Crippen LogP) is 1.07. The molecular formula is C11H13N3O2. The van der Waals surface area contributed by atoms with Gasteiger partial charge in [0.2, 0.25) is 0 Å². The van der Waals surface area contributed by atoms with Gasteiger partial charge in [0.25, 0.3) is 6.01 Å². The SMILES string of the molecule is COCCOc1nc2ccccc2c(=N)[nH]1. The Morgan fingerprint density at radius 1 is 1.31 bits per heavy atom. The van der Waals surface area contributed by atoms with E-state index in [1.54, 1.807) is 7.11 Å². The van der Waals surface area contributed by atoms with Crippen LogP contribution in [0.4, 0.5) is 0 Å². The van der Waals surface area contributed by atoms with Crippen LogP contribution in [0, 0.1) is 5.41 Å². The highest BCUT2D eigenvalue weighted by Gasteiger charge is 2.01. The first kappa shape index (κ1) is 10.6. The summed E-state index contributed by atoms with van der Waals surface area (Å²) in [5.74, 6) is 0. The third-order valence-corrected chi connectivity index (χ3v) is 2.15. The summed E-state index contributed by atoms with van der Waals surface area (Å²) in [5, 5.41) is 8.56. The smallest absolute Gasteiger partial charge is 0.295 e. The van der Waals surface area contributed by atoms with Crippen molar-refractivity contribution in [2.75, 3.05) is 20.3 Å². The highest BCUT2D eigenvalue weighted by Crippen LogP contribution is 2.08. The maximum Gasteiger partial charge on any atom is 0.295 e. The summed E-state index contributed by atoms with van der Waals surface area (Å²) >= 11 is 0. The molecule has 0 aliphatic carbocycles. The maximum absolute atomic E-state index is 7.78. The van der Waals surface area contributed by atoms with E-state index >= 15 is 0 Å². The van der Waals surface area contributed by atoms with Crippen molar-refractivity contribution < 1.29 is 9.47 Å². The van der Waals surface area contributed by atoms with Gasteiger partial charge >= 0.3 is 0 Å². The lowest BCUT2D eigenvalue weighted by atomic mass is 10.2. The highest BCUT2D eigenvalue weighted by molar-refractivity contribution is 5.76. The molecule has 0 bridgehead atoms. The average molecular weight is 219 g/mol. The van der Waals surface area contributed by atoms with Crippen LogP contribution in [0.5, 0.6) is 6.01 Å². The molecule has 0 amide bonds. The molecule has 2 aromatic rings. The summed E-state index contributed by atoms with van der Waals surface area (Å²) in [6.07, 6.45) is 0. The van der Waals surface area contributed by atoms with E-state index in [1.807, 2.05) is 24.3 Å². The predicted molar refractivity (Wildman–Crippen MR) is 59.3 cm³/mol. The molecule has 1 aromatic carbocycles. The topological polar surface area (TPSA) is 71.0 Å². The zero-order valence-corrected chi connectivity index (χ0v) is 8.99. The van der Waals surface area contributed by atoms with Gasteiger partial charge in [-0.05, 0) is 12.1 Å². The van der Waals surface area contributed by atoms with Crippen LogP contribution in [-0.2, 0) is 4.74 Å². The number of H-pyrrole nitrogens is 1. The number of methoxy groups -OCH3 is 1. The van der Waals surface area contributed by atoms with Crippen LogP contribution in [0.2, 0.25) is 0 Å². The first-order valence-corrected chi connectivity index (χ1v) is 4.96. The van der Waals surface area contributed by atoms with E-state index in [0.717, 1.165) is 10.9 Å². The normalized spacial score (nSPS) is 10.6. The van der Waals surface area contributed by atoms with Crippen LogP contribution in [0.15, 0.2) is 24.3 Å². The maximum atomic E-state index is 7.78. The molecule has 2 N–H and O–H groups in total. The van der Waals surface area contributed by atoms with Gasteiger partial charge in [-0.2, -0.15) is 4.98 Å². The van der Waals surface area contributed by atoms with E-state index in [0.29, 0.717) is 24.7 Å². The standard InChI is InChI=1S/C11H13N3O2/c1-15-6-7-16-11-13-9-5-3-2-4-8(9)10(12)14-11/h2-5H,6-7H2,1H3,(H2,12,13,14). The number of ether oxygens (including phenoxy) is 2. The molecule has 1 heterocycles. The third kappa shape index (κ3) is 2.20. The molecule has 0 unspecified atom stereocenters. The van der Waals surface area contributed by atoms with Gasteiger partial charge in [0, 0.05) is 12.5 Å². The number of hydrogen-bond acceptors (Lipinski definition) is 4. The molecule has 0 atom stereocenters. The summed E-state index contributed by atoms with van der Waals surface area (Å²) in [4.78, 5) is 7.04. The second-order valence-corrected chi connectivity index (χ2v) is 3.28. The molecular weight excluding hydrogens is 206 g/mol. The summed E-state index contributed by atoms with van der Waals surface area (Å²) in [7, 11) is 1.61. The first-order valence-electron chi connectivity index (χ1n) is 4.96. The third-order valence-electron chi connectivity index (χ3n) is 2.15. The zero-order chi connectivity index (χ0) is 11.4. The van der Waals surface area contributed by atoms with E-state index in [9.17, 15) is 0 Å². The Labute approximate surface area is 92.6 Å². The first-order chi connectivity index (χ1) is 7.81. The molecule has 0 aliphatic rings. The van der Waals surface area contributed by atoms with Crippen LogP contribution in [0.25, 0.3) is 10.9 Å². The fourth-order valence-corrected chi connectivity index (χ4v) is 1.38. The molecule has 5 heteroatoms. The molecule has 0 saturated heterocycles. The molecule has 0 radical (unpaired) electrons. The number of aromatic nitrogens is 2. The Morgan fingerprint density at radius 3 is 2.94 bits per heavy atom.